The first-order valence-corrected chi connectivity index (χ1v) is 6.31. The smallest absolute Gasteiger partial charge is 0.336 e. The van der Waals surface area contributed by atoms with E-state index in [1.165, 1.54) is 19.3 Å². The van der Waals surface area contributed by atoms with E-state index < -0.39 is 5.97 Å². The zero-order valence-electron chi connectivity index (χ0n) is 10.1. The van der Waals surface area contributed by atoms with Crippen LogP contribution in [0.1, 0.15) is 35.2 Å². The minimum Gasteiger partial charge on any atom is -0.478 e. The van der Waals surface area contributed by atoms with E-state index in [1.807, 2.05) is 12.3 Å². The van der Waals surface area contributed by atoms with E-state index in [9.17, 15) is 9.90 Å². The van der Waals surface area contributed by atoms with Crippen LogP contribution in [0.25, 0.3) is 10.9 Å². The lowest BCUT2D eigenvalue weighted by Crippen LogP contribution is -2.34. The van der Waals surface area contributed by atoms with Crippen LogP contribution in [-0.2, 0) is 6.54 Å². The third-order valence-electron chi connectivity index (χ3n) is 3.70. The molecule has 94 valence electrons. The maximum Gasteiger partial charge on any atom is 0.336 e. The molecule has 1 aliphatic rings. The SMILES string of the molecule is O=C(O)c1cccc2[nH]cc(CNC3CCC3)c12. The second-order valence-corrected chi connectivity index (χ2v) is 4.86. The summed E-state index contributed by atoms with van der Waals surface area (Å²) in [6.07, 6.45) is 5.66. The molecular formula is C14H16N2O2. The van der Waals surface area contributed by atoms with Crippen molar-refractivity contribution < 1.29 is 9.90 Å². The van der Waals surface area contributed by atoms with Crippen LogP contribution in [0.3, 0.4) is 0 Å². The molecule has 0 aliphatic heterocycles. The molecule has 18 heavy (non-hydrogen) atoms. The molecule has 1 heterocycles. The summed E-state index contributed by atoms with van der Waals surface area (Å²) < 4.78 is 0. The average Bonchev–Trinajstić information content (AvgIpc) is 2.70. The fourth-order valence-electron chi connectivity index (χ4n) is 2.44. The number of hydrogen-bond donors (Lipinski definition) is 3. The van der Waals surface area contributed by atoms with Gasteiger partial charge in [-0.1, -0.05) is 12.5 Å². The largest absolute Gasteiger partial charge is 0.478 e. The van der Waals surface area contributed by atoms with Gasteiger partial charge in [0.25, 0.3) is 0 Å². The van der Waals surface area contributed by atoms with Gasteiger partial charge in [0.1, 0.15) is 0 Å². The normalized spacial score (nSPS) is 15.8. The molecule has 1 aromatic heterocycles. The van der Waals surface area contributed by atoms with E-state index in [2.05, 4.69) is 10.3 Å². The third-order valence-corrected chi connectivity index (χ3v) is 3.70. The molecule has 0 atom stereocenters. The quantitative estimate of drug-likeness (QED) is 0.774. The minimum atomic E-state index is -0.870. The average molecular weight is 244 g/mol. The van der Waals surface area contributed by atoms with Crippen LogP contribution in [0.15, 0.2) is 24.4 Å². The summed E-state index contributed by atoms with van der Waals surface area (Å²) in [5, 5.41) is 13.5. The predicted octanol–water partition coefficient (Wildman–Crippen LogP) is 2.51. The van der Waals surface area contributed by atoms with Crippen molar-refractivity contribution in [3.63, 3.8) is 0 Å². The number of hydrogen-bond acceptors (Lipinski definition) is 2. The number of aromatic carboxylic acids is 1. The van der Waals surface area contributed by atoms with Gasteiger partial charge in [0.2, 0.25) is 0 Å². The maximum absolute atomic E-state index is 11.2. The third kappa shape index (κ3) is 1.88. The summed E-state index contributed by atoms with van der Waals surface area (Å²) in [5.41, 5.74) is 2.30. The molecule has 2 aromatic rings. The van der Waals surface area contributed by atoms with Crippen LogP contribution in [0.5, 0.6) is 0 Å². The molecule has 3 rings (SSSR count). The van der Waals surface area contributed by atoms with Crippen molar-refractivity contribution in [3.8, 4) is 0 Å². The Kier molecular flexibility index (Phi) is 2.80. The van der Waals surface area contributed by atoms with E-state index in [0.717, 1.165) is 23.0 Å². The summed E-state index contributed by atoms with van der Waals surface area (Å²) >= 11 is 0. The number of carbonyl (C=O) groups is 1. The van der Waals surface area contributed by atoms with Crippen molar-refractivity contribution in [3.05, 3.63) is 35.5 Å². The van der Waals surface area contributed by atoms with Crippen LogP contribution in [0, 0.1) is 0 Å². The summed E-state index contributed by atoms with van der Waals surface area (Å²) in [6, 6.07) is 5.94. The van der Waals surface area contributed by atoms with Crippen molar-refractivity contribution in [1.29, 1.82) is 0 Å². The molecule has 0 saturated heterocycles. The van der Waals surface area contributed by atoms with E-state index in [-0.39, 0.29) is 0 Å². The number of rotatable bonds is 4. The lowest BCUT2D eigenvalue weighted by atomic mass is 9.93. The molecule has 0 spiro atoms. The highest BCUT2D eigenvalue weighted by molar-refractivity contribution is 6.04. The highest BCUT2D eigenvalue weighted by Crippen LogP contribution is 2.24. The molecule has 0 amide bonds. The van der Waals surface area contributed by atoms with Gasteiger partial charge in [0.05, 0.1) is 5.56 Å². The predicted molar refractivity (Wildman–Crippen MR) is 69.7 cm³/mol. The summed E-state index contributed by atoms with van der Waals surface area (Å²) in [6.45, 7) is 0.731. The van der Waals surface area contributed by atoms with Crippen LogP contribution in [0.2, 0.25) is 0 Å². The van der Waals surface area contributed by atoms with E-state index in [4.69, 9.17) is 0 Å². The molecule has 1 saturated carbocycles. The lowest BCUT2D eigenvalue weighted by molar-refractivity contribution is 0.0699. The number of aromatic amines is 1. The van der Waals surface area contributed by atoms with Crippen molar-refractivity contribution in [2.24, 2.45) is 0 Å². The highest BCUT2D eigenvalue weighted by atomic mass is 16.4. The number of carboxylic acids is 1. The molecule has 3 N–H and O–H groups in total. The minimum absolute atomic E-state index is 0.374. The number of fused-ring (bicyclic) bond motifs is 1. The summed E-state index contributed by atoms with van der Waals surface area (Å²) in [5.74, 6) is -0.870. The van der Waals surface area contributed by atoms with Gasteiger partial charge < -0.3 is 15.4 Å². The van der Waals surface area contributed by atoms with Crippen LogP contribution < -0.4 is 5.32 Å². The standard InChI is InChI=1S/C14H16N2O2/c17-14(18)11-5-2-6-12-13(11)9(8-16-12)7-15-10-3-1-4-10/h2,5-6,8,10,15-16H,1,3-4,7H2,(H,17,18). The second-order valence-electron chi connectivity index (χ2n) is 4.86. The Labute approximate surface area is 105 Å². The van der Waals surface area contributed by atoms with Crippen LogP contribution in [0.4, 0.5) is 0 Å². The van der Waals surface area contributed by atoms with Gasteiger partial charge in [-0.2, -0.15) is 0 Å². The number of H-pyrrole nitrogens is 1. The van der Waals surface area contributed by atoms with Gasteiger partial charge >= 0.3 is 5.97 Å². The molecule has 4 heteroatoms. The molecule has 0 bridgehead atoms. The Morgan fingerprint density at radius 3 is 2.94 bits per heavy atom. The second kappa shape index (κ2) is 4.46. The molecule has 4 nitrogen and oxygen atoms in total. The van der Waals surface area contributed by atoms with Crippen molar-refractivity contribution in [1.82, 2.24) is 10.3 Å². The fraction of sp³-hybridized carbons (Fsp3) is 0.357. The van der Waals surface area contributed by atoms with Crippen molar-refractivity contribution in [2.75, 3.05) is 0 Å². The lowest BCUT2D eigenvalue weighted by Gasteiger charge is -2.26. The van der Waals surface area contributed by atoms with Gasteiger partial charge in [-0.15, -0.1) is 0 Å². The zero-order valence-corrected chi connectivity index (χ0v) is 10.1. The molecule has 1 fully saturated rings. The first kappa shape index (κ1) is 11.3. The number of benzene rings is 1. The Morgan fingerprint density at radius 2 is 2.28 bits per heavy atom. The fourth-order valence-corrected chi connectivity index (χ4v) is 2.44. The van der Waals surface area contributed by atoms with Gasteiger partial charge in [-0.3, -0.25) is 0 Å². The van der Waals surface area contributed by atoms with Crippen LogP contribution >= 0.6 is 0 Å². The van der Waals surface area contributed by atoms with Gasteiger partial charge in [0.15, 0.2) is 0 Å². The zero-order chi connectivity index (χ0) is 12.5. The summed E-state index contributed by atoms with van der Waals surface area (Å²) in [7, 11) is 0. The van der Waals surface area contributed by atoms with E-state index in [0.29, 0.717) is 11.6 Å². The first-order chi connectivity index (χ1) is 8.75. The van der Waals surface area contributed by atoms with Gasteiger partial charge in [0, 0.05) is 29.7 Å². The molecule has 0 radical (unpaired) electrons. The number of nitrogens with one attached hydrogen (secondary N) is 2. The van der Waals surface area contributed by atoms with Gasteiger partial charge in [-0.05, 0) is 30.5 Å². The summed E-state index contributed by atoms with van der Waals surface area (Å²) in [4.78, 5) is 14.4. The molecule has 1 aromatic carbocycles. The van der Waals surface area contributed by atoms with Gasteiger partial charge in [-0.25, -0.2) is 4.79 Å². The van der Waals surface area contributed by atoms with E-state index >= 15 is 0 Å². The number of carboxylic acid groups (broad SMARTS) is 1. The molecule has 0 unspecified atom stereocenters. The Balaban J connectivity index is 1.93. The highest BCUT2D eigenvalue weighted by Gasteiger charge is 2.18. The van der Waals surface area contributed by atoms with Crippen molar-refractivity contribution in [2.45, 2.75) is 31.8 Å². The topological polar surface area (TPSA) is 65.1 Å². The Morgan fingerprint density at radius 1 is 1.44 bits per heavy atom. The van der Waals surface area contributed by atoms with Crippen LogP contribution in [-0.4, -0.2) is 22.1 Å². The first-order valence-electron chi connectivity index (χ1n) is 6.31. The monoisotopic (exact) mass is 244 g/mol. The van der Waals surface area contributed by atoms with E-state index in [1.54, 1.807) is 12.1 Å². The molecule has 1 aliphatic carbocycles. The Hall–Kier alpha value is -1.81. The van der Waals surface area contributed by atoms with Crippen molar-refractivity contribution >= 4 is 16.9 Å². The molecular weight excluding hydrogens is 228 g/mol. The maximum atomic E-state index is 11.2. The Bertz CT molecular complexity index is 584. The number of aromatic nitrogens is 1.